The Bertz CT molecular complexity index is 324. The number of rotatable bonds is 6. The third-order valence-electron chi connectivity index (χ3n) is 2.75. The standard InChI is InChI=1S/C13H19NO2/c1-11(12(2)16)14(8-9-15)10-13-6-4-3-5-7-13/h3-7,11,15H,8-10H2,1-2H3. The monoisotopic (exact) mass is 221 g/mol. The van der Waals surface area contributed by atoms with E-state index in [0.29, 0.717) is 13.1 Å². The van der Waals surface area contributed by atoms with Crippen LogP contribution in [0.4, 0.5) is 0 Å². The van der Waals surface area contributed by atoms with Gasteiger partial charge < -0.3 is 5.11 Å². The van der Waals surface area contributed by atoms with E-state index in [2.05, 4.69) is 0 Å². The Balaban J connectivity index is 2.68. The molecule has 0 bridgehead atoms. The van der Waals surface area contributed by atoms with Crippen molar-refractivity contribution in [1.82, 2.24) is 4.90 Å². The van der Waals surface area contributed by atoms with Crippen molar-refractivity contribution in [2.45, 2.75) is 26.4 Å². The highest BCUT2D eigenvalue weighted by Crippen LogP contribution is 2.08. The number of aliphatic hydroxyl groups is 1. The molecule has 1 aromatic rings. The van der Waals surface area contributed by atoms with E-state index in [9.17, 15) is 4.79 Å². The summed E-state index contributed by atoms with van der Waals surface area (Å²) in [5.74, 6) is 0.129. The first-order valence-electron chi connectivity index (χ1n) is 5.54. The maximum Gasteiger partial charge on any atom is 0.146 e. The summed E-state index contributed by atoms with van der Waals surface area (Å²) in [6.07, 6.45) is 0. The first kappa shape index (κ1) is 12.9. The van der Waals surface area contributed by atoms with Crippen LogP contribution in [0.15, 0.2) is 30.3 Å². The van der Waals surface area contributed by atoms with Gasteiger partial charge in [-0.05, 0) is 19.4 Å². The minimum absolute atomic E-state index is 0.0739. The molecule has 0 aliphatic rings. The maximum absolute atomic E-state index is 11.3. The molecule has 0 aliphatic heterocycles. The molecule has 1 unspecified atom stereocenters. The van der Waals surface area contributed by atoms with Gasteiger partial charge >= 0.3 is 0 Å². The molecule has 0 spiro atoms. The lowest BCUT2D eigenvalue weighted by molar-refractivity contribution is -0.122. The largest absolute Gasteiger partial charge is 0.395 e. The number of ketones is 1. The van der Waals surface area contributed by atoms with Crippen molar-refractivity contribution in [2.75, 3.05) is 13.2 Å². The van der Waals surface area contributed by atoms with E-state index in [1.165, 1.54) is 0 Å². The molecule has 1 atom stereocenters. The molecule has 0 saturated heterocycles. The SMILES string of the molecule is CC(=O)C(C)N(CCO)Cc1ccccc1. The van der Waals surface area contributed by atoms with Crippen LogP contribution in [0, 0.1) is 0 Å². The molecule has 0 radical (unpaired) electrons. The van der Waals surface area contributed by atoms with Crippen LogP contribution in [-0.2, 0) is 11.3 Å². The summed E-state index contributed by atoms with van der Waals surface area (Å²) in [6.45, 7) is 4.75. The first-order chi connectivity index (χ1) is 7.65. The molecule has 16 heavy (non-hydrogen) atoms. The average molecular weight is 221 g/mol. The number of hydrogen-bond acceptors (Lipinski definition) is 3. The summed E-state index contributed by atoms with van der Waals surface area (Å²) < 4.78 is 0. The van der Waals surface area contributed by atoms with Gasteiger partial charge in [0.2, 0.25) is 0 Å². The molecule has 1 N–H and O–H groups in total. The third kappa shape index (κ3) is 3.76. The van der Waals surface area contributed by atoms with Gasteiger partial charge in [-0.2, -0.15) is 0 Å². The molecule has 0 aromatic heterocycles. The average Bonchev–Trinajstić information content (AvgIpc) is 2.29. The molecule has 0 fully saturated rings. The molecule has 3 nitrogen and oxygen atoms in total. The van der Waals surface area contributed by atoms with E-state index in [4.69, 9.17) is 5.11 Å². The minimum Gasteiger partial charge on any atom is -0.395 e. The second-order valence-corrected chi connectivity index (χ2v) is 3.97. The van der Waals surface area contributed by atoms with Crippen molar-refractivity contribution in [2.24, 2.45) is 0 Å². The smallest absolute Gasteiger partial charge is 0.146 e. The van der Waals surface area contributed by atoms with E-state index in [-0.39, 0.29) is 18.4 Å². The molecular weight excluding hydrogens is 202 g/mol. The van der Waals surface area contributed by atoms with Gasteiger partial charge in [-0.1, -0.05) is 30.3 Å². The zero-order valence-electron chi connectivity index (χ0n) is 9.89. The first-order valence-corrected chi connectivity index (χ1v) is 5.54. The van der Waals surface area contributed by atoms with Gasteiger partial charge in [-0.15, -0.1) is 0 Å². The van der Waals surface area contributed by atoms with Crippen molar-refractivity contribution in [1.29, 1.82) is 0 Å². The second kappa shape index (κ2) is 6.40. The Morgan fingerprint density at radius 3 is 2.50 bits per heavy atom. The van der Waals surface area contributed by atoms with Gasteiger partial charge in [0.1, 0.15) is 5.78 Å². The lowest BCUT2D eigenvalue weighted by Gasteiger charge is -2.26. The maximum atomic E-state index is 11.3. The lowest BCUT2D eigenvalue weighted by atomic mass is 10.1. The highest BCUT2D eigenvalue weighted by atomic mass is 16.3. The Hall–Kier alpha value is -1.19. The van der Waals surface area contributed by atoms with Gasteiger partial charge in [0.25, 0.3) is 0 Å². The van der Waals surface area contributed by atoms with Gasteiger partial charge in [-0.25, -0.2) is 0 Å². The van der Waals surface area contributed by atoms with E-state index in [0.717, 1.165) is 5.56 Å². The molecule has 0 saturated carbocycles. The van der Waals surface area contributed by atoms with Crippen molar-refractivity contribution in [3.63, 3.8) is 0 Å². The zero-order valence-corrected chi connectivity index (χ0v) is 9.89. The highest BCUT2D eigenvalue weighted by Gasteiger charge is 2.17. The number of benzene rings is 1. The van der Waals surface area contributed by atoms with E-state index in [1.54, 1.807) is 6.92 Å². The summed E-state index contributed by atoms with van der Waals surface area (Å²) in [4.78, 5) is 13.3. The number of Topliss-reactive ketones (excluding diaryl/α,β-unsaturated/α-hetero) is 1. The van der Waals surface area contributed by atoms with E-state index in [1.807, 2.05) is 42.2 Å². The van der Waals surface area contributed by atoms with Crippen LogP contribution in [0.5, 0.6) is 0 Å². The number of hydrogen-bond donors (Lipinski definition) is 1. The van der Waals surface area contributed by atoms with Crippen LogP contribution < -0.4 is 0 Å². The second-order valence-electron chi connectivity index (χ2n) is 3.97. The van der Waals surface area contributed by atoms with Crippen LogP contribution >= 0.6 is 0 Å². The summed E-state index contributed by atoms with van der Waals surface area (Å²) >= 11 is 0. The molecule has 1 aromatic carbocycles. The number of carbonyl (C=O) groups excluding carboxylic acids is 1. The Morgan fingerprint density at radius 1 is 1.38 bits per heavy atom. The van der Waals surface area contributed by atoms with Crippen LogP contribution in [0.1, 0.15) is 19.4 Å². The summed E-state index contributed by atoms with van der Waals surface area (Å²) in [5.41, 5.74) is 1.16. The quantitative estimate of drug-likeness (QED) is 0.790. The molecule has 0 aliphatic carbocycles. The Morgan fingerprint density at radius 2 is 2.00 bits per heavy atom. The normalized spacial score (nSPS) is 12.8. The van der Waals surface area contributed by atoms with Crippen LogP contribution in [0.3, 0.4) is 0 Å². The fourth-order valence-electron chi connectivity index (χ4n) is 1.61. The number of nitrogens with zero attached hydrogens (tertiary/aromatic N) is 1. The van der Waals surface area contributed by atoms with Gasteiger partial charge in [0, 0.05) is 13.1 Å². The van der Waals surface area contributed by atoms with Crippen LogP contribution in [-0.4, -0.2) is 35.0 Å². The van der Waals surface area contributed by atoms with Crippen molar-refractivity contribution in [3.8, 4) is 0 Å². The molecule has 0 heterocycles. The Labute approximate surface area is 96.7 Å². The van der Waals surface area contributed by atoms with Crippen molar-refractivity contribution < 1.29 is 9.90 Å². The summed E-state index contributed by atoms with van der Waals surface area (Å²) in [7, 11) is 0. The molecule has 3 heteroatoms. The fraction of sp³-hybridized carbons (Fsp3) is 0.462. The zero-order chi connectivity index (χ0) is 12.0. The van der Waals surface area contributed by atoms with Gasteiger partial charge in [0.15, 0.2) is 0 Å². The predicted octanol–water partition coefficient (Wildman–Crippen LogP) is 1.46. The number of carbonyl (C=O) groups is 1. The minimum atomic E-state index is -0.146. The summed E-state index contributed by atoms with van der Waals surface area (Å²) in [5, 5.41) is 8.99. The van der Waals surface area contributed by atoms with Crippen LogP contribution in [0.25, 0.3) is 0 Å². The van der Waals surface area contributed by atoms with E-state index < -0.39 is 0 Å². The fourth-order valence-corrected chi connectivity index (χ4v) is 1.61. The van der Waals surface area contributed by atoms with Crippen LogP contribution in [0.2, 0.25) is 0 Å². The van der Waals surface area contributed by atoms with Crippen molar-refractivity contribution in [3.05, 3.63) is 35.9 Å². The Kier molecular flexibility index (Phi) is 5.15. The van der Waals surface area contributed by atoms with Gasteiger partial charge in [-0.3, -0.25) is 9.69 Å². The molecule has 88 valence electrons. The predicted molar refractivity (Wildman–Crippen MR) is 64.1 cm³/mol. The highest BCUT2D eigenvalue weighted by molar-refractivity contribution is 5.80. The number of aliphatic hydroxyl groups excluding tert-OH is 1. The lowest BCUT2D eigenvalue weighted by Crippen LogP contribution is -2.39. The summed E-state index contributed by atoms with van der Waals surface area (Å²) in [6, 6.07) is 9.82. The van der Waals surface area contributed by atoms with E-state index >= 15 is 0 Å². The van der Waals surface area contributed by atoms with Crippen molar-refractivity contribution >= 4 is 5.78 Å². The molecule has 0 amide bonds. The van der Waals surface area contributed by atoms with Gasteiger partial charge in [0.05, 0.1) is 12.6 Å². The third-order valence-corrected chi connectivity index (χ3v) is 2.75. The molecular formula is C13H19NO2. The topological polar surface area (TPSA) is 40.5 Å². The molecule has 1 rings (SSSR count).